The third kappa shape index (κ3) is 2.44. The third-order valence-electron chi connectivity index (χ3n) is 3.42. The summed E-state index contributed by atoms with van der Waals surface area (Å²) in [4.78, 5) is 8.53. The van der Waals surface area contributed by atoms with Gasteiger partial charge >= 0.3 is 0 Å². The lowest BCUT2D eigenvalue weighted by Gasteiger charge is -2.31. The molecule has 0 amide bonds. The molecule has 106 valence electrons. The van der Waals surface area contributed by atoms with Gasteiger partial charge in [0.25, 0.3) is 11.8 Å². The Balaban J connectivity index is 1.83. The fraction of sp³-hybridized carbons (Fsp3) is 0.385. The Bertz CT molecular complexity index is 607. The van der Waals surface area contributed by atoms with Crippen LogP contribution in [0.3, 0.4) is 0 Å². The number of hydrogen-bond acceptors (Lipinski definition) is 6. The first-order chi connectivity index (χ1) is 9.63. The van der Waals surface area contributed by atoms with Crippen molar-refractivity contribution in [1.29, 1.82) is 0 Å². The normalized spacial score (nSPS) is 16.6. The van der Waals surface area contributed by atoms with E-state index in [0.717, 1.165) is 26.2 Å². The molecule has 3 rings (SSSR count). The van der Waals surface area contributed by atoms with Crippen LogP contribution in [-0.2, 0) is 0 Å². The topological polar surface area (TPSA) is 71.4 Å². The Morgan fingerprint density at radius 2 is 2.00 bits per heavy atom. The monoisotopic (exact) mass is 277 g/mol. The Morgan fingerprint density at radius 3 is 2.70 bits per heavy atom. The number of piperazine rings is 1. The molecule has 1 fully saturated rings. The molecule has 0 unspecified atom stereocenters. The van der Waals surface area contributed by atoms with Crippen molar-refractivity contribution in [1.82, 2.24) is 15.0 Å². The summed E-state index contributed by atoms with van der Waals surface area (Å²) in [5.41, 5.74) is 6.16. The lowest BCUT2D eigenvalue weighted by molar-refractivity contribution is 0.309. The first-order valence-electron chi connectivity index (χ1n) is 6.46. The first kappa shape index (κ1) is 12.9. The third-order valence-corrected chi connectivity index (χ3v) is 3.42. The van der Waals surface area contributed by atoms with Crippen LogP contribution in [0.1, 0.15) is 0 Å². The van der Waals surface area contributed by atoms with Crippen molar-refractivity contribution in [2.75, 3.05) is 43.9 Å². The zero-order valence-electron chi connectivity index (χ0n) is 11.2. The lowest BCUT2D eigenvalue weighted by atomic mass is 10.2. The van der Waals surface area contributed by atoms with Gasteiger partial charge in [0.05, 0.1) is 5.56 Å². The van der Waals surface area contributed by atoms with Crippen LogP contribution in [0.25, 0.3) is 11.5 Å². The van der Waals surface area contributed by atoms with Crippen molar-refractivity contribution in [3.05, 3.63) is 24.0 Å². The number of nitrogens with two attached hydrogens (primary N) is 1. The number of rotatable bonds is 2. The van der Waals surface area contributed by atoms with E-state index in [9.17, 15) is 4.39 Å². The molecule has 0 spiro atoms. The maximum atomic E-state index is 13.8. The minimum absolute atomic E-state index is 0.177. The maximum Gasteiger partial charge on any atom is 0.266 e. The van der Waals surface area contributed by atoms with Crippen molar-refractivity contribution in [2.24, 2.45) is 0 Å². The fourth-order valence-corrected chi connectivity index (χ4v) is 2.16. The summed E-state index contributed by atoms with van der Waals surface area (Å²) in [6.07, 6.45) is 0. The molecule has 20 heavy (non-hydrogen) atoms. The number of aromatic nitrogens is 2. The Kier molecular flexibility index (Phi) is 3.27. The van der Waals surface area contributed by atoms with E-state index in [-0.39, 0.29) is 11.5 Å². The van der Waals surface area contributed by atoms with E-state index in [0.29, 0.717) is 11.6 Å². The maximum absolute atomic E-state index is 13.8. The van der Waals surface area contributed by atoms with Gasteiger partial charge in [0.15, 0.2) is 0 Å². The van der Waals surface area contributed by atoms with Gasteiger partial charge in [-0.25, -0.2) is 4.39 Å². The van der Waals surface area contributed by atoms with Gasteiger partial charge < -0.3 is 20.1 Å². The number of hydrogen-bond donors (Lipinski definition) is 1. The standard InChI is InChI=1S/C13H16FN5O/c1-18-4-6-19(7-5-18)13-16-12(20-17-13)10-3-2-9(15)8-11(10)14/h2-3,8H,4-7,15H2,1H3. The fourth-order valence-electron chi connectivity index (χ4n) is 2.16. The highest BCUT2D eigenvalue weighted by atomic mass is 19.1. The highest BCUT2D eigenvalue weighted by Crippen LogP contribution is 2.25. The highest BCUT2D eigenvalue weighted by molar-refractivity contribution is 5.59. The van der Waals surface area contributed by atoms with Crippen LogP contribution in [0.15, 0.2) is 22.7 Å². The SMILES string of the molecule is CN1CCN(c2noc(-c3ccc(N)cc3F)n2)CC1. The highest BCUT2D eigenvalue weighted by Gasteiger charge is 2.20. The molecule has 0 saturated carbocycles. The molecule has 0 radical (unpaired) electrons. The predicted molar refractivity (Wildman–Crippen MR) is 73.8 cm³/mol. The van der Waals surface area contributed by atoms with E-state index in [1.807, 2.05) is 4.90 Å². The van der Waals surface area contributed by atoms with E-state index in [1.54, 1.807) is 12.1 Å². The van der Waals surface area contributed by atoms with Gasteiger partial charge in [-0.2, -0.15) is 4.98 Å². The molecule has 7 heteroatoms. The van der Waals surface area contributed by atoms with E-state index in [4.69, 9.17) is 10.3 Å². The quantitative estimate of drug-likeness (QED) is 0.832. The van der Waals surface area contributed by atoms with Gasteiger partial charge in [0.2, 0.25) is 0 Å². The average molecular weight is 277 g/mol. The molecule has 2 aromatic rings. The summed E-state index contributed by atoms with van der Waals surface area (Å²) in [7, 11) is 2.07. The zero-order chi connectivity index (χ0) is 14.1. The molecule has 1 aliphatic rings. The number of anilines is 2. The second kappa shape index (κ2) is 5.09. The lowest BCUT2D eigenvalue weighted by Crippen LogP contribution is -2.44. The Labute approximate surface area is 116 Å². The molecule has 0 aliphatic carbocycles. The number of likely N-dealkylation sites (N-methyl/N-ethyl adjacent to an activating group) is 1. The minimum Gasteiger partial charge on any atom is -0.399 e. The van der Waals surface area contributed by atoms with Crippen molar-refractivity contribution in [3.63, 3.8) is 0 Å². The smallest absolute Gasteiger partial charge is 0.266 e. The molecule has 1 aromatic heterocycles. The van der Waals surface area contributed by atoms with E-state index in [2.05, 4.69) is 22.1 Å². The molecule has 0 bridgehead atoms. The number of halogens is 1. The largest absolute Gasteiger partial charge is 0.399 e. The Morgan fingerprint density at radius 1 is 1.25 bits per heavy atom. The summed E-state index contributed by atoms with van der Waals surface area (Å²) in [5, 5.41) is 3.93. The van der Waals surface area contributed by atoms with Crippen molar-refractivity contribution >= 4 is 11.6 Å². The van der Waals surface area contributed by atoms with Crippen LogP contribution in [0.5, 0.6) is 0 Å². The van der Waals surface area contributed by atoms with Crippen LogP contribution < -0.4 is 10.6 Å². The van der Waals surface area contributed by atoms with Crippen LogP contribution in [-0.4, -0.2) is 48.3 Å². The van der Waals surface area contributed by atoms with E-state index >= 15 is 0 Å². The summed E-state index contributed by atoms with van der Waals surface area (Å²) >= 11 is 0. The van der Waals surface area contributed by atoms with Gasteiger partial charge in [-0.05, 0) is 30.4 Å². The molecule has 1 aromatic carbocycles. The first-order valence-corrected chi connectivity index (χ1v) is 6.46. The van der Waals surface area contributed by atoms with Gasteiger partial charge in [0, 0.05) is 31.9 Å². The van der Waals surface area contributed by atoms with Crippen molar-refractivity contribution in [2.45, 2.75) is 0 Å². The van der Waals surface area contributed by atoms with Crippen LogP contribution in [0.4, 0.5) is 16.0 Å². The molecule has 6 nitrogen and oxygen atoms in total. The van der Waals surface area contributed by atoms with Gasteiger partial charge in [-0.1, -0.05) is 0 Å². The molecule has 1 aliphatic heterocycles. The second-order valence-electron chi connectivity index (χ2n) is 4.93. The summed E-state index contributed by atoms with van der Waals surface area (Å²) in [6.45, 7) is 3.56. The summed E-state index contributed by atoms with van der Waals surface area (Å²) in [6, 6.07) is 4.40. The minimum atomic E-state index is -0.460. The van der Waals surface area contributed by atoms with Gasteiger partial charge in [-0.15, -0.1) is 0 Å². The van der Waals surface area contributed by atoms with Crippen molar-refractivity contribution < 1.29 is 8.91 Å². The number of benzene rings is 1. The average Bonchev–Trinajstić information content (AvgIpc) is 2.89. The second-order valence-corrected chi connectivity index (χ2v) is 4.93. The molecule has 2 heterocycles. The van der Waals surface area contributed by atoms with E-state index in [1.165, 1.54) is 6.07 Å². The summed E-state index contributed by atoms with van der Waals surface area (Å²) in [5.74, 6) is 0.222. The van der Waals surface area contributed by atoms with Crippen LogP contribution >= 0.6 is 0 Å². The Hall–Kier alpha value is -2.15. The molecular formula is C13H16FN5O. The van der Waals surface area contributed by atoms with Crippen molar-refractivity contribution in [3.8, 4) is 11.5 Å². The zero-order valence-corrected chi connectivity index (χ0v) is 11.2. The van der Waals surface area contributed by atoms with Gasteiger partial charge in [-0.3, -0.25) is 0 Å². The van der Waals surface area contributed by atoms with Crippen LogP contribution in [0, 0.1) is 5.82 Å². The summed E-state index contributed by atoms with van der Waals surface area (Å²) < 4.78 is 19.0. The number of nitrogens with zero attached hydrogens (tertiary/aromatic N) is 4. The number of nitrogen functional groups attached to an aromatic ring is 1. The molecule has 1 saturated heterocycles. The van der Waals surface area contributed by atoms with Crippen LogP contribution in [0.2, 0.25) is 0 Å². The molecule has 2 N–H and O–H groups in total. The predicted octanol–water partition coefficient (Wildman–Crippen LogP) is 1.21. The molecular weight excluding hydrogens is 261 g/mol. The van der Waals surface area contributed by atoms with E-state index < -0.39 is 5.82 Å². The van der Waals surface area contributed by atoms with Gasteiger partial charge in [0.1, 0.15) is 5.82 Å². The molecule has 0 atom stereocenters.